The number of carbonyl (C=O) groups excluding carboxylic acids is 1. The monoisotopic (exact) mass is 740 g/mol. The second kappa shape index (κ2) is 12.7. The van der Waals surface area contributed by atoms with E-state index >= 15 is 0 Å². The van der Waals surface area contributed by atoms with Crippen LogP contribution in [0.15, 0.2) is 68.9 Å². The van der Waals surface area contributed by atoms with E-state index in [0.717, 1.165) is 19.6 Å². The fraction of sp³-hybridized carbons (Fsp3) is 0.207. The summed E-state index contributed by atoms with van der Waals surface area (Å²) in [6, 6.07) is 12.3. The number of thiophene rings is 1. The third kappa shape index (κ3) is 6.12. The second-order valence-corrected chi connectivity index (χ2v) is 12.9. The van der Waals surface area contributed by atoms with Crippen molar-refractivity contribution in [2.24, 2.45) is 4.99 Å². The highest BCUT2D eigenvalue weighted by Gasteiger charge is 2.33. The van der Waals surface area contributed by atoms with Gasteiger partial charge in [0, 0.05) is 4.88 Å². The molecule has 2 aromatic heterocycles. The van der Waals surface area contributed by atoms with E-state index in [-0.39, 0.29) is 18.8 Å². The molecular weight excluding hydrogens is 718 g/mol. The van der Waals surface area contributed by atoms with E-state index < -0.39 is 12.0 Å². The van der Waals surface area contributed by atoms with E-state index in [9.17, 15) is 9.59 Å². The standard InChI is InChI=1S/C29H23Cl2IN2O5S2/c1-4-38-28(36)24-15(2)33-29-34(25(24)22-6-5-9-40-22)27(35)23(41-29)13-17-11-20(32)26(21(12-17)37-3)39-14-16-7-8-18(30)19(31)10-16/h5-13,25H,4,14H2,1-3H3/b23-13-/t25-/m1/s1. The number of halogens is 3. The number of benzene rings is 2. The van der Waals surface area contributed by atoms with Crippen LogP contribution in [0, 0.1) is 3.57 Å². The van der Waals surface area contributed by atoms with Gasteiger partial charge >= 0.3 is 5.97 Å². The maximum Gasteiger partial charge on any atom is 0.338 e. The molecule has 5 rings (SSSR count). The Morgan fingerprint density at radius 1 is 1.20 bits per heavy atom. The Balaban J connectivity index is 1.54. The number of nitrogens with zero attached hydrogens (tertiary/aromatic N) is 2. The number of aromatic nitrogens is 1. The molecule has 0 amide bonds. The van der Waals surface area contributed by atoms with Crippen molar-refractivity contribution in [3.8, 4) is 11.5 Å². The van der Waals surface area contributed by atoms with Crippen molar-refractivity contribution >= 4 is 80.5 Å². The Bertz CT molecular complexity index is 1850. The van der Waals surface area contributed by atoms with Crippen LogP contribution in [0.3, 0.4) is 0 Å². The van der Waals surface area contributed by atoms with Gasteiger partial charge in [-0.3, -0.25) is 9.36 Å². The average molecular weight is 741 g/mol. The summed E-state index contributed by atoms with van der Waals surface area (Å²) in [5.41, 5.74) is 2.28. The summed E-state index contributed by atoms with van der Waals surface area (Å²) in [5.74, 6) is 0.621. The number of hydrogen-bond acceptors (Lipinski definition) is 8. The number of hydrogen-bond donors (Lipinski definition) is 0. The van der Waals surface area contributed by atoms with Crippen LogP contribution in [-0.4, -0.2) is 24.3 Å². The first-order valence-electron chi connectivity index (χ1n) is 12.4. The van der Waals surface area contributed by atoms with Gasteiger partial charge in [0.1, 0.15) is 12.6 Å². The van der Waals surface area contributed by atoms with Crippen LogP contribution < -0.4 is 24.4 Å². The van der Waals surface area contributed by atoms with E-state index in [0.29, 0.717) is 42.1 Å². The Hall–Kier alpha value is -2.64. The topological polar surface area (TPSA) is 79.1 Å². The van der Waals surface area contributed by atoms with E-state index in [1.165, 1.54) is 22.7 Å². The molecule has 0 saturated carbocycles. The molecule has 7 nitrogen and oxygen atoms in total. The minimum atomic E-state index is -0.612. The molecule has 3 heterocycles. The maximum atomic E-state index is 13.8. The number of allylic oxidation sites excluding steroid dienone is 1. The first kappa shape index (κ1) is 29.8. The summed E-state index contributed by atoms with van der Waals surface area (Å²) < 4.78 is 19.9. The van der Waals surface area contributed by atoms with Crippen LogP contribution in [0.1, 0.15) is 35.9 Å². The third-order valence-corrected chi connectivity index (χ3v) is 9.69. The molecule has 0 aliphatic carbocycles. The van der Waals surface area contributed by atoms with Crippen molar-refractivity contribution in [3.63, 3.8) is 0 Å². The number of esters is 1. The molecule has 1 aliphatic rings. The van der Waals surface area contributed by atoms with Gasteiger partial charge in [-0.05, 0) is 89.4 Å². The van der Waals surface area contributed by atoms with Gasteiger partial charge in [-0.25, -0.2) is 9.79 Å². The Morgan fingerprint density at radius 2 is 2.00 bits per heavy atom. The summed E-state index contributed by atoms with van der Waals surface area (Å²) in [4.78, 5) is 32.8. The summed E-state index contributed by atoms with van der Waals surface area (Å²) in [6.45, 7) is 4.02. The lowest BCUT2D eigenvalue weighted by atomic mass is 10.0. The third-order valence-electron chi connectivity index (χ3n) is 6.25. The summed E-state index contributed by atoms with van der Waals surface area (Å²) in [7, 11) is 1.57. The zero-order valence-electron chi connectivity index (χ0n) is 22.1. The van der Waals surface area contributed by atoms with Gasteiger partial charge in [0.2, 0.25) is 0 Å². The van der Waals surface area contributed by atoms with Crippen LogP contribution in [0.4, 0.5) is 0 Å². The van der Waals surface area contributed by atoms with Crippen molar-refractivity contribution in [2.45, 2.75) is 26.5 Å². The van der Waals surface area contributed by atoms with Crippen LogP contribution >= 0.6 is 68.5 Å². The number of ether oxygens (including phenoxy) is 3. The highest BCUT2D eigenvalue weighted by atomic mass is 127. The number of carbonyl (C=O) groups is 1. The van der Waals surface area contributed by atoms with Gasteiger partial charge in [-0.15, -0.1) is 11.3 Å². The van der Waals surface area contributed by atoms with E-state index in [1.807, 2.05) is 35.7 Å². The van der Waals surface area contributed by atoms with Crippen LogP contribution in [0.2, 0.25) is 10.0 Å². The lowest BCUT2D eigenvalue weighted by Gasteiger charge is -2.23. The molecular formula is C29H23Cl2IN2O5S2. The van der Waals surface area contributed by atoms with Gasteiger partial charge in [-0.1, -0.05) is 46.7 Å². The van der Waals surface area contributed by atoms with Crippen molar-refractivity contribution < 1.29 is 19.0 Å². The Labute approximate surface area is 267 Å². The molecule has 0 spiro atoms. The number of methoxy groups -OCH3 is 1. The first-order chi connectivity index (χ1) is 19.7. The van der Waals surface area contributed by atoms with Gasteiger partial charge in [0.05, 0.1) is 43.1 Å². The zero-order valence-corrected chi connectivity index (χ0v) is 27.4. The van der Waals surface area contributed by atoms with E-state index in [4.69, 9.17) is 37.4 Å². The Kier molecular flexibility index (Phi) is 9.24. The van der Waals surface area contributed by atoms with Gasteiger partial charge in [0.25, 0.3) is 5.56 Å². The van der Waals surface area contributed by atoms with Gasteiger partial charge in [-0.2, -0.15) is 0 Å². The fourth-order valence-electron chi connectivity index (χ4n) is 4.41. The molecule has 0 unspecified atom stereocenters. The molecule has 12 heteroatoms. The molecule has 2 aromatic carbocycles. The van der Waals surface area contributed by atoms with Crippen molar-refractivity contribution in [2.75, 3.05) is 13.7 Å². The molecule has 0 N–H and O–H groups in total. The largest absolute Gasteiger partial charge is 0.493 e. The molecule has 0 bridgehead atoms. The summed E-state index contributed by atoms with van der Waals surface area (Å²) in [6.07, 6.45) is 1.80. The number of thiazole rings is 1. The van der Waals surface area contributed by atoms with E-state index in [1.54, 1.807) is 43.7 Å². The Morgan fingerprint density at radius 3 is 2.68 bits per heavy atom. The lowest BCUT2D eigenvalue weighted by molar-refractivity contribution is -0.139. The van der Waals surface area contributed by atoms with Crippen LogP contribution in [0.5, 0.6) is 11.5 Å². The van der Waals surface area contributed by atoms with Gasteiger partial charge in [0.15, 0.2) is 16.3 Å². The summed E-state index contributed by atoms with van der Waals surface area (Å²) >= 11 is 17.1. The number of rotatable bonds is 8. The lowest BCUT2D eigenvalue weighted by Crippen LogP contribution is -2.39. The fourth-order valence-corrected chi connectivity index (χ4v) is 7.38. The summed E-state index contributed by atoms with van der Waals surface area (Å²) in [5, 5.41) is 2.85. The normalized spacial score (nSPS) is 15.0. The van der Waals surface area contributed by atoms with Gasteiger partial charge < -0.3 is 14.2 Å². The molecule has 0 saturated heterocycles. The predicted octanol–water partition coefficient (Wildman–Crippen LogP) is 6.36. The average Bonchev–Trinajstić information content (AvgIpc) is 3.57. The molecule has 1 atom stereocenters. The SMILES string of the molecule is CCOC(=O)C1=C(C)N=c2s/c(=C\c3cc(I)c(OCc4ccc(Cl)c(Cl)c4)c(OC)c3)c(=O)n2[C@@H]1c1cccs1. The van der Waals surface area contributed by atoms with Crippen molar-refractivity contribution in [3.05, 3.63) is 108 Å². The number of fused-ring (bicyclic) bond motifs is 1. The highest BCUT2D eigenvalue weighted by Crippen LogP contribution is 2.36. The predicted molar refractivity (Wildman–Crippen MR) is 171 cm³/mol. The minimum Gasteiger partial charge on any atom is -0.493 e. The quantitative estimate of drug-likeness (QED) is 0.155. The molecule has 41 heavy (non-hydrogen) atoms. The highest BCUT2D eigenvalue weighted by molar-refractivity contribution is 14.1. The first-order valence-corrected chi connectivity index (χ1v) is 15.9. The van der Waals surface area contributed by atoms with Crippen LogP contribution in [-0.2, 0) is 16.1 Å². The molecule has 0 radical (unpaired) electrons. The van der Waals surface area contributed by atoms with Crippen LogP contribution in [0.25, 0.3) is 6.08 Å². The molecule has 0 fully saturated rings. The zero-order chi connectivity index (χ0) is 29.3. The molecule has 212 valence electrons. The molecule has 4 aromatic rings. The minimum absolute atomic E-state index is 0.227. The van der Waals surface area contributed by atoms with Crippen molar-refractivity contribution in [1.29, 1.82) is 0 Å². The van der Waals surface area contributed by atoms with E-state index in [2.05, 4.69) is 27.6 Å². The second-order valence-electron chi connectivity index (χ2n) is 8.89. The van der Waals surface area contributed by atoms with Crippen molar-refractivity contribution in [1.82, 2.24) is 4.57 Å². The molecule has 1 aliphatic heterocycles. The smallest absolute Gasteiger partial charge is 0.338 e. The maximum absolute atomic E-state index is 13.8.